The molecular weight excluding hydrogens is 318 g/mol. The van der Waals surface area contributed by atoms with Gasteiger partial charge < -0.3 is 5.32 Å². The maximum absolute atomic E-state index is 6.08. The van der Waals surface area contributed by atoms with Gasteiger partial charge in [0.1, 0.15) is 0 Å². The predicted octanol–water partition coefficient (Wildman–Crippen LogP) is 4.29. The number of benzene rings is 2. The van der Waals surface area contributed by atoms with E-state index in [0.717, 1.165) is 37.5 Å². The molecule has 0 atom stereocenters. The second kappa shape index (κ2) is 6.80. The van der Waals surface area contributed by atoms with Gasteiger partial charge in [-0.3, -0.25) is 4.68 Å². The van der Waals surface area contributed by atoms with Crippen molar-refractivity contribution in [1.29, 1.82) is 0 Å². The van der Waals surface area contributed by atoms with Crippen LogP contribution in [0.5, 0.6) is 0 Å². The summed E-state index contributed by atoms with van der Waals surface area (Å²) in [7, 11) is 0. The lowest BCUT2D eigenvalue weighted by atomic mass is 10.0. The fourth-order valence-corrected chi connectivity index (χ4v) is 3.46. The van der Waals surface area contributed by atoms with Crippen molar-refractivity contribution in [1.82, 2.24) is 15.1 Å². The third-order valence-corrected chi connectivity index (χ3v) is 4.75. The Balaban J connectivity index is 1.81. The number of aromatic nitrogens is 2. The average molecular weight is 338 g/mol. The first kappa shape index (κ1) is 15.4. The molecule has 1 aliphatic rings. The van der Waals surface area contributed by atoms with Crippen molar-refractivity contribution in [3.63, 3.8) is 0 Å². The number of fused-ring (bicyclic) bond motifs is 1. The summed E-state index contributed by atoms with van der Waals surface area (Å²) < 4.78 is 2.15. The third kappa shape index (κ3) is 3.10. The summed E-state index contributed by atoms with van der Waals surface area (Å²) in [6.45, 7) is 2.71. The Hall–Kier alpha value is -2.10. The van der Waals surface area contributed by atoms with Gasteiger partial charge in [0.2, 0.25) is 0 Å². The molecule has 2 heterocycles. The molecule has 122 valence electrons. The van der Waals surface area contributed by atoms with Gasteiger partial charge in [0, 0.05) is 22.7 Å². The molecule has 0 spiro atoms. The van der Waals surface area contributed by atoms with E-state index in [4.69, 9.17) is 16.7 Å². The van der Waals surface area contributed by atoms with Crippen LogP contribution in [0.25, 0.3) is 11.3 Å². The first-order valence-corrected chi connectivity index (χ1v) is 8.78. The monoisotopic (exact) mass is 337 g/mol. The standard InChI is InChI=1S/C20H20ClN3/c21-17-10-8-16(9-11-17)20-18-13-22-12-4-7-19(18)23-24(20)14-15-5-2-1-3-6-15/h1-3,5-6,8-11,22H,4,7,12-14H2. The highest BCUT2D eigenvalue weighted by Gasteiger charge is 2.20. The first-order chi connectivity index (χ1) is 11.8. The molecule has 0 unspecified atom stereocenters. The summed E-state index contributed by atoms with van der Waals surface area (Å²) in [5, 5.41) is 9.23. The van der Waals surface area contributed by atoms with Crippen LogP contribution < -0.4 is 5.32 Å². The topological polar surface area (TPSA) is 29.9 Å². The van der Waals surface area contributed by atoms with Crippen LogP contribution in [0.15, 0.2) is 54.6 Å². The summed E-state index contributed by atoms with van der Waals surface area (Å²) in [6, 6.07) is 18.6. The third-order valence-electron chi connectivity index (χ3n) is 4.50. The van der Waals surface area contributed by atoms with Crippen LogP contribution in [0.3, 0.4) is 0 Å². The Morgan fingerprint density at radius 1 is 1.04 bits per heavy atom. The van der Waals surface area contributed by atoms with Crippen LogP contribution >= 0.6 is 11.6 Å². The minimum Gasteiger partial charge on any atom is -0.313 e. The van der Waals surface area contributed by atoms with Crippen LogP contribution in [0.1, 0.15) is 23.2 Å². The van der Waals surface area contributed by atoms with Crippen molar-refractivity contribution >= 4 is 11.6 Å². The Bertz CT molecular complexity index is 822. The summed E-state index contributed by atoms with van der Waals surface area (Å²) in [4.78, 5) is 0. The number of nitrogens with one attached hydrogen (secondary N) is 1. The second-order valence-electron chi connectivity index (χ2n) is 6.20. The molecule has 3 nitrogen and oxygen atoms in total. The SMILES string of the molecule is Clc1ccc(-c2c3c(nn2Cc2ccccc2)CCCNC3)cc1. The van der Waals surface area contributed by atoms with Crippen molar-refractivity contribution in [3.8, 4) is 11.3 Å². The lowest BCUT2D eigenvalue weighted by molar-refractivity contribution is 0.644. The quantitative estimate of drug-likeness (QED) is 0.772. The highest BCUT2D eigenvalue weighted by molar-refractivity contribution is 6.30. The van der Waals surface area contributed by atoms with Crippen LogP contribution in [0, 0.1) is 0 Å². The molecule has 4 heteroatoms. The Labute approximate surface area is 147 Å². The van der Waals surface area contributed by atoms with E-state index < -0.39 is 0 Å². The number of aryl methyl sites for hydroxylation is 1. The van der Waals surface area contributed by atoms with Gasteiger partial charge in [-0.05, 0) is 37.1 Å². The van der Waals surface area contributed by atoms with Gasteiger partial charge >= 0.3 is 0 Å². The predicted molar refractivity (Wildman–Crippen MR) is 98.2 cm³/mol. The minimum absolute atomic E-state index is 0.761. The van der Waals surface area contributed by atoms with Crippen LogP contribution in [-0.2, 0) is 19.5 Å². The van der Waals surface area contributed by atoms with Gasteiger partial charge in [-0.2, -0.15) is 5.10 Å². The highest BCUT2D eigenvalue weighted by atomic mass is 35.5. The van der Waals surface area contributed by atoms with Gasteiger partial charge in [0.05, 0.1) is 17.9 Å². The lowest BCUT2D eigenvalue weighted by Gasteiger charge is -2.11. The zero-order valence-corrected chi connectivity index (χ0v) is 14.3. The molecular formula is C20H20ClN3. The van der Waals surface area contributed by atoms with Gasteiger partial charge in [-0.25, -0.2) is 0 Å². The molecule has 1 aromatic heterocycles. The molecule has 0 fully saturated rings. The molecule has 3 aromatic rings. The molecule has 0 saturated heterocycles. The van der Waals surface area contributed by atoms with E-state index in [1.807, 2.05) is 18.2 Å². The summed E-state index contributed by atoms with van der Waals surface area (Å²) in [6.07, 6.45) is 2.17. The molecule has 1 aliphatic heterocycles. The fraction of sp³-hybridized carbons (Fsp3) is 0.250. The Morgan fingerprint density at radius 3 is 2.62 bits per heavy atom. The maximum Gasteiger partial charge on any atom is 0.0734 e. The summed E-state index contributed by atoms with van der Waals surface area (Å²) in [5.74, 6) is 0. The smallest absolute Gasteiger partial charge is 0.0734 e. The normalized spacial score (nSPS) is 14.2. The number of halogens is 1. The summed E-state index contributed by atoms with van der Waals surface area (Å²) >= 11 is 6.08. The zero-order chi connectivity index (χ0) is 16.4. The molecule has 0 amide bonds. The highest BCUT2D eigenvalue weighted by Crippen LogP contribution is 2.30. The number of nitrogens with zero attached hydrogens (tertiary/aromatic N) is 2. The molecule has 4 rings (SSSR count). The van der Waals surface area contributed by atoms with Gasteiger partial charge in [0.25, 0.3) is 0 Å². The lowest BCUT2D eigenvalue weighted by Crippen LogP contribution is -2.13. The van der Waals surface area contributed by atoms with E-state index in [9.17, 15) is 0 Å². The zero-order valence-electron chi connectivity index (χ0n) is 13.5. The van der Waals surface area contributed by atoms with E-state index >= 15 is 0 Å². The first-order valence-electron chi connectivity index (χ1n) is 8.40. The number of hydrogen-bond donors (Lipinski definition) is 1. The molecule has 1 N–H and O–H groups in total. The molecule has 0 aliphatic carbocycles. The largest absolute Gasteiger partial charge is 0.313 e. The number of hydrogen-bond acceptors (Lipinski definition) is 2. The van der Waals surface area contributed by atoms with Gasteiger partial charge in [0.15, 0.2) is 0 Å². The fourth-order valence-electron chi connectivity index (χ4n) is 3.33. The van der Waals surface area contributed by atoms with Crippen molar-refractivity contribution in [2.24, 2.45) is 0 Å². The summed E-state index contributed by atoms with van der Waals surface area (Å²) in [5.41, 5.74) is 6.19. The molecule has 24 heavy (non-hydrogen) atoms. The maximum atomic E-state index is 6.08. The molecule has 0 saturated carbocycles. The number of rotatable bonds is 3. The minimum atomic E-state index is 0.761. The van der Waals surface area contributed by atoms with Crippen molar-refractivity contribution in [2.45, 2.75) is 25.9 Å². The van der Waals surface area contributed by atoms with E-state index in [1.165, 1.54) is 28.1 Å². The van der Waals surface area contributed by atoms with E-state index in [1.54, 1.807) is 0 Å². The van der Waals surface area contributed by atoms with Crippen LogP contribution in [0.4, 0.5) is 0 Å². The average Bonchev–Trinajstić information content (AvgIpc) is 2.78. The van der Waals surface area contributed by atoms with Crippen molar-refractivity contribution in [3.05, 3.63) is 76.4 Å². The van der Waals surface area contributed by atoms with Crippen molar-refractivity contribution in [2.75, 3.05) is 6.54 Å². The van der Waals surface area contributed by atoms with E-state index in [-0.39, 0.29) is 0 Å². The van der Waals surface area contributed by atoms with Gasteiger partial charge in [-0.15, -0.1) is 0 Å². The van der Waals surface area contributed by atoms with Gasteiger partial charge in [-0.1, -0.05) is 54.1 Å². The molecule has 0 bridgehead atoms. The Morgan fingerprint density at radius 2 is 1.83 bits per heavy atom. The van der Waals surface area contributed by atoms with Crippen molar-refractivity contribution < 1.29 is 0 Å². The van der Waals surface area contributed by atoms with E-state index in [0.29, 0.717) is 0 Å². The van der Waals surface area contributed by atoms with Crippen LogP contribution in [0.2, 0.25) is 5.02 Å². The molecule has 0 radical (unpaired) electrons. The van der Waals surface area contributed by atoms with Crippen LogP contribution in [-0.4, -0.2) is 16.3 Å². The second-order valence-corrected chi connectivity index (χ2v) is 6.64. The molecule has 2 aromatic carbocycles. The van der Waals surface area contributed by atoms with E-state index in [2.05, 4.69) is 46.4 Å². The Kier molecular flexibility index (Phi) is 4.37.